The third-order valence-electron chi connectivity index (χ3n) is 3.82. The molecule has 4 heteroatoms. The lowest BCUT2D eigenvalue weighted by Gasteiger charge is -2.42. The van der Waals surface area contributed by atoms with Crippen molar-refractivity contribution < 1.29 is 4.42 Å². The molecule has 2 rings (SSSR count). The zero-order valence-electron chi connectivity index (χ0n) is 10.8. The molecule has 0 bridgehead atoms. The van der Waals surface area contributed by atoms with Gasteiger partial charge >= 0.3 is 0 Å². The Hall–Kier alpha value is -0.840. The Labute approximate surface area is 103 Å². The molecule has 1 aromatic rings. The average molecular weight is 237 g/mol. The second-order valence-electron chi connectivity index (χ2n) is 4.80. The normalized spacial score (nSPS) is 25.0. The van der Waals surface area contributed by atoms with Crippen LogP contribution >= 0.6 is 0 Å². The first-order valence-electron chi connectivity index (χ1n) is 6.44. The van der Waals surface area contributed by atoms with Crippen LogP contribution in [0, 0.1) is 0 Å². The number of nitrogens with two attached hydrogens (primary N) is 1. The first-order valence-corrected chi connectivity index (χ1v) is 6.44. The lowest BCUT2D eigenvalue weighted by atomic mass is 10.1. The van der Waals surface area contributed by atoms with Crippen molar-refractivity contribution in [3.63, 3.8) is 0 Å². The second kappa shape index (κ2) is 5.67. The van der Waals surface area contributed by atoms with Gasteiger partial charge in [-0.3, -0.25) is 4.90 Å². The van der Waals surface area contributed by atoms with Crippen molar-refractivity contribution >= 4 is 0 Å². The fourth-order valence-electron chi connectivity index (χ4n) is 2.62. The van der Waals surface area contributed by atoms with E-state index < -0.39 is 0 Å². The number of nitrogens with zero attached hydrogens (tertiary/aromatic N) is 2. The molecule has 0 aliphatic carbocycles. The summed E-state index contributed by atoms with van der Waals surface area (Å²) in [7, 11) is 2.20. The third kappa shape index (κ3) is 2.70. The quantitative estimate of drug-likeness (QED) is 0.857. The highest BCUT2D eigenvalue weighted by Gasteiger charge is 2.29. The zero-order valence-corrected chi connectivity index (χ0v) is 10.8. The minimum Gasteiger partial charge on any atom is -0.468 e. The molecule has 2 unspecified atom stereocenters. The number of likely N-dealkylation sites (N-methyl/N-ethyl adjacent to an activating group) is 1. The number of piperazine rings is 1. The maximum atomic E-state index is 5.90. The summed E-state index contributed by atoms with van der Waals surface area (Å²) >= 11 is 0. The molecule has 0 saturated carbocycles. The van der Waals surface area contributed by atoms with Gasteiger partial charge < -0.3 is 15.1 Å². The standard InChI is InChI=1S/C13H23N3O/c1-3-11-10-16(7-6-15(11)2)12(9-14)13-5-4-8-17-13/h4-5,8,11-12H,3,6-7,9-10,14H2,1-2H3. The van der Waals surface area contributed by atoms with Gasteiger partial charge in [0.05, 0.1) is 12.3 Å². The number of rotatable bonds is 4. The summed E-state index contributed by atoms with van der Waals surface area (Å²) in [5, 5.41) is 0. The molecule has 2 N–H and O–H groups in total. The summed E-state index contributed by atoms with van der Waals surface area (Å²) in [4.78, 5) is 4.89. The van der Waals surface area contributed by atoms with Crippen LogP contribution in [0.5, 0.6) is 0 Å². The van der Waals surface area contributed by atoms with Gasteiger partial charge in [0, 0.05) is 32.2 Å². The molecule has 0 radical (unpaired) electrons. The smallest absolute Gasteiger partial charge is 0.122 e. The minimum absolute atomic E-state index is 0.229. The molecule has 0 amide bonds. The van der Waals surface area contributed by atoms with Crippen LogP contribution in [0.15, 0.2) is 22.8 Å². The summed E-state index contributed by atoms with van der Waals surface area (Å²) in [5.74, 6) is 0.993. The van der Waals surface area contributed by atoms with E-state index in [1.807, 2.05) is 12.1 Å². The first kappa shape index (κ1) is 12.6. The molecule has 17 heavy (non-hydrogen) atoms. The lowest BCUT2D eigenvalue weighted by Crippen LogP contribution is -2.53. The van der Waals surface area contributed by atoms with E-state index in [0.29, 0.717) is 12.6 Å². The molecule has 1 saturated heterocycles. The Kier molecular flexibility index (Phi) is 4.20. The van der Waals surface area contributed by atoms with Gasteiger partial charge in [0.25, 0.3) is 0 Å². The fraction of sp³-hybridized carbons (Fsp3) is 0.692. The van der Waals surface area contributed by atoms with Crippen molar-refractivity contribution in [2.45, 2.75) is 25.4 Å². The van der Waals surface area contributed by atoms with Crippen molar-refractivity contribution in [1.82, 2.24) is 9.80 Å². The molecule has 1 fully saturated rings. The van der Waals surface area contributed by atoms with Crippen molar-refractivity contribution in [1.29, 1.82) is 0 Å². The van der Waals surface area contributed by atoms with Gasteiger partial charge in [-0.2, -0.15) is 0 Å². The van der Waals surface area contributed by atoms with Crippen LogP contribution in [-0.4, -0.2) is 49.1 Å². The van der Waals surface area contributed by atoms with Crippen LogP contribution in [0.25, 0.3) is 0 Å². The minimum atomic E-state index is 0.229. The molecule has 96 valence electrons. The van der Waals surface area contributed by atoms with Crippen LogP contribution in [0.2, 0.25) is 0 Å². The zero-order chi connectivity index (χ0) is 12.3. The van der Waals surface area contributed by atoms with Gasteiger partial charge in [0.1, 0.15) is 5.76 Å². The summed E-state index contributed by atoms with van der Waals surface area (Å²) < 4.78 is 5.50. The van der Waals surface area contributed by atoms with E-state index in [0.717, 1.165) is 25.4 Å². The van der Waals surface area contributed by atoms with E-state index in [4.69, 9.17) is 10.2 Å². The van der Waals surface area contributed by atoms with Crippen molar-refractivity contribution in [2.75, 3.05) is 33.2 Å². The molecule has 2 atom stereocenters. The van der Waals surface area contributed by atoms with Crippen LogP contribution in [0.4, 0.5) is 0 Å². The Bertz CT molecular complexity index is 325. The number of hydrogen-bond acceptors (Lipinski definition) is 4. The number of hydrogen-bond donors (Lipinski definition) is 1. The first-order chi connectivity index (χ1) is 8.26. The molecule has 4 nitrogen and oxygen atoms in total. The van der Waals surface area contributed by atoms with E-state index in [2.05, 4.69) is 23.8 Å². The van der Waals surface area contributed by atoms with Crippen LogP contribution in [0.1, 0.15) is 25.1 Å². The van der Waals surface area contributed by atoms with E-state index in [9.17, 15) is 0 Å². The summed E-state index contributed by atoms with van der Waals surface area (Å²) in [5.41, 5.74) is 5.90. The third-order valence-corrected chi connectivity index (χ3v) is 3.82. The Morgan fingerprint density at radius 3 is 2.94 bits per heavy atom. The lowest BCUT2D eigenvalue weighted by molar-refractivity contribution is 0.0574. The van der Waals surface area contributed by atoms with E-state index in [1.54, 1.807) is 6.26 Å². The van der Waals surface area contributed by atoms with Crippen LogP contribution < -0.4 is 5.73 Å². The molecule has 0 spiro atoms. The SMILES string of the molecule is CCC1CN(C(CN)c2ccco2)CCN1C. The topological polar surface area (TPSA) is 45.6 Å². The molecule has 1 aromatic heterocycles. The fourth-order valence-corrected chi connectivity index (χ4v) is 2.62. The summed E-state index contributed by atoms with van der Waals surface area (Å²) in [6, 6.07) is 4.82. The number of furan rings is 1. The highest BCUT2D eigenvalue weighted by atomic mass is 16.3. The highest BCUT2D eigenvalue weighted by Crippen LogP contribution is 2.23. The molecule has 1 aliphatic heterocycles. The van der Waals surface area contributed by atoms with Gasteiger partial charge in [-0.05, 0) is 25.6 Å². The maximum absolute atomic E-state index is 5.90. The average Bonchev–Trinajstić information content (AvgIpc) is 2.86. The highest BCUT2D eigenvalue weighted by molar-refractivity contribution is 5.06. The van der Waals surface area contributed by atoms with E-state index in [1.165, 1.54) is 6.42 Å². The van der Waals surface area contributed by atoms with Crippen LogP contribution in [-0.2, 0) is 0 Å². The predicted octanol–water partition coefficient (Wildman–Crippen LogP) is 1.31. The van der Waals surface area contributed by atoms with Crippen molar-refractivity contribution in [3.05, 3.63) is 24.2 Å². The van der Waals surface area contributed by atoms with Gasteiger partial charge in [0.15, 0.2) is 0 Å². The predicted molar refractivity (Wildman–Crippen MR) is 68.8 cm³/mol. The van der Waals surface area contributed by atoms with Gasteiger partial charge in [-0.15, -0.1) is 0 Å². The monoisotopic (exact) mass is 237 g/mol. The van der Waals surface area contributed by atoms with Crippen LogP contribution in [0.3, 0.4) is 0 Å². The van der Waals surface area contributed by atoms with E-state index in [-0.39, 0.29) is 6.04 Å². The molecule has 0 aromatic carbocycles. The van der Waals surface area contributed by atoms with Gasteiger partial charge in [-0.1, -0.05) is 6.92 Å². The molecular formula is C13H23N3O. The van der Waals surface area contributed by atoms with Crippen molar-refractivity contribution in [3.8, 4) is 0 Å². The maximum Gasteiger partial charge on any atom is 0.122 e. The van der Waals surface area contributed by atoms with E-state index >= 15 is 0 Å². The molecule has 1 aliphatic rings. The Balaban J connectivity index is 2.06. The molecular weight excluding hydrogens is 214 g/mol. The van der Waals surface area contributed by atoms with Crippen molar-refractivity contribution in [2.24, 2.45) is 5.73 Å². The Morgan fingerprint density at radius 1 is 1.53 bits per heavy atom. The largest absolute Gasteiger partial charge is 0.468 e. The summed E-state index contributed by atoms with van der Waals surface area (Å²) in [6.45, 7) is 6.11. The van der Waals surface area contributed by atoms with Gasteiger partial charge in [0.2, 0.25) is 0 Å². The molecule has 2 heterocycles. The summed E-state index contributed by atoms with van der Waals surface area (Å²) in [6.07, 6.45) is 2.91. The Morgan fingerprint density at radius 2 is 2.35 bits per heavy atom. The second-order valence-corrected chi connectivity index (χ2v) is 4.80. The van der Waals surface area contributed by atoms with Gasteiger partial charge in [-0.25, -0.2) is 0 Å².